The van der Waals surface area contributed by atoms with Crippen molar-refractivity contribution >= 4 is 34.8 Å². The lowest BCUT2D eigenvalue weighted by molar-refractivity contribution is -0.274. The van der Waals surface area contributed by atoms with E-state index in [-0.39, 0.29) is 38.3 Å². The summed E-state index contributed by atoms with van der Waals surface area (Å²) in [4.78, 5) is 61.8. The molecule has 0 spiro atoms. The number of halogens is 3. The van der Waals surface area contributed by atoms with Crippen molar-refractivity contribution in [1.29, 1.82) is 0 Å². The van der Waals surface area contributed by atoms with E-state index in [1.165, 1.54) is 23.5 Å². The van der Waals surface area contributed by atoms with E-state index in [2.05, 4.69) is 20.4 Å². The summed E-state index contributed by atoms with van der Waals surface area (Å²) in [6, 6.07) is 17.3. The molecule has 13 nitrogen and oxygen atoms in total. The summed E-state index contributed by atoms with van der Waals surface area (Å²) in [6.45, 7) is 0.750. The Balaban J connectivity index is 1.24. The molecule has 2 heterocycles. The van der Waals surface area contributed by atoms with Crippen LogP contribution in [0.5, 0.6) is 5.75 Å². The van der Waals surface area contributed by atoms with E-state index in [0.29, 0.717) is 54.1 Å². The Labute approximate surface area is 340 Å². The van der Waals surface area contributed by atoms with Crippen molar-refractivity contribution in [3.63, 3.8) is 0 Å². The second-order valence-corrected chi connectivity index (χ2v) is 15.1. The average molecular weight is 822 g/mol. The number of fused-ring (bicyclic) bond motifs is 1. The number of alkyl halides is 3. The van der Waals surface area contributed by atoms with Crippen LogP contribution < -0.4 is 21.1 Å². The Morgan fingerprint density at radius 3 is 2.32 bits per heavy atom. The number of hydrogen-bond acceptors (Lipinski definition) is 10. The van der Waals surface area contributed by atoms with Gasteiger partial charge in [0.1, 0.15) is 30.0 Å². The summed E-state index contributed by atoms with van der Waals surface area (Å²) in [7, 11) is 0. The van der Waals surface area contributed by atoms with Crippen LogP contribution in [-0.2, 0) is 32.1 Å². The highest BCUT2D eigenvalue weighted by molar-refractivity contribution is 6.01. The van der Waals surface area contributed by atoms with E-state index in [4.69, 9.17) is 19.6 Å². The van der Waals surface area contributed by atoms with Crippen LogP contribution in [0.25, 0.3) is 11.1 Å². The Morgan fingerprint density at radius 1 is 0.881 bits per heavy atom. The number of unbranched alkanes of at least 4 members (excludes halogenated alkanes) is 1. The third-order valence-corrected chi connectivity index (χ3v) is 10.6. The molecule has 0 radical (unpaired) electrons. The second kappa shape index (κ2) is 20.5. The highest BCUT2D eigenvalue weighted by atomic mass is 19.4. The zero-order valence-electron chi connectivity index (χ0n) is 32.7. The van der Waals surface area contributed by atoms with Crippen LogP contribution in [0.1, 0.15) is 79.6 Å². The van der Waals surface area contributed by atoms with Gasteiger partial charge in [-0.05, 0) is 80.0 Å². The van der Waals surface area contributed by atoms with E-state index in [1.54, 1.807) is 48.5 Å². The molecule has 2 fully saturated rings. The molecule has 0 unspecified atom stereocenters. The lowest BCUT2D eigenvalue weighted by atomic mass is 9.90. The van der Waals surface area contributed by atoms with Gasteiger partial charge in [0.05, 0.1) is 12.1 Å². The number of Topliss-reactive ketones (excluding diaryl/α,β-unsaturated/α-hetero) is 1. The van der Waals surface area contributed by atoms with Crippen LogP contribution in [0.3, 0.4) is 0 Å². The number of nitrogens with zero attached hydrogens (tertiary/aromatic N) is 2. The number of oxazole rings is 1. The van der Waals surface area contributed by atoms with E-state index in [1.807, 2.05) is 6.07 Å². The summed E-state index contributed by atoms with van der Waals surface area (Å²) < 4.78 is 60.2. The average Bonchev–Trinajstić information content (AvgIpc) is 3.87. The first-order valence-corrected chi connectivity index (χ1v) is 20.1. The number of ether oxygens (including phenoxy) is 3. The minimum absolute atomic E-state index is 0.0101. The Kier molecular flexibility index (Phi) is 15.0. The molecule has 316 valence electrons. The van der Waals surface area contributed by atoms with Gasteiger partial charge in [-0.1, -0.05) is 73.9 Å². The Hall–Kier alpha value is -5.48. The molecule has 0 bridgehead atoms. The van der Waals surface area contributed by atoms with E-state index < -0.39 is 60.0 Å². The van der Waals surface area contributed by atoms with E-state index >= 15 is 0 Å². The molecule has 1 aromatic heterocycles. The van der Waals surface area contributed by atoms with Crippen molar-refractivity contribution in [2.24, 2.45) is 11.7 Å². The first-order chi connectivity index (χ1) is 28.5. The van der Waals surface area contributed by atoms with Crippen LogP contribution >= 0.6 is 0 Å². The van der Waals surface area contributed by atoms with Crippen molar-refractivity contribution in [2.75, 3.05) is 19.7 Å². The molecule has 3 amide bonds. The standard InChI is InChI=1S/C43H50F3N5O8/c44-43(45,46)59-31-20-18-28(19-21-31)23-35(50-42(55)57-27-30-13-5-2-6-14-30)41(54)51-25-32(56-26-29-11-3-1-4-12-29)24-36(51)39(53)48-34(16-9-10-22-47)38(52)40-49-33-15-7-8-17-37(33)58-40/h2,5-8,13-15,17-21,29,32,34-36H,1,3-4,9-12,16,22-27,47H2,(H,48,53)(H,50,55)/t32-,34+,35-,36+/m1/s1. The fourth-order valence-electron chi connectivity index (χ4n) is 7.56. The summed E-state index contributed by atoms with van der Waals surface area (Å²) in [5.41, 5.74) is 7.75. The molecule has 1 aliphatic carbocycles. The number of aromatic nitrogens is 1. The predicted octanol–water partition coefficient (Wildman–Crippen LogP) is 6.63. The molecule has 6 rings (SSSR count). The number of carbonyl (C=O) groups excluding carboxylic acids is 4. The second-order valence-electron chi connectivity index (χ2n) is 15.1. The lowest BCUT2D eigenvalue weighted by Crippen LogP contribution is -2.56. The van der Waals surface area contributed by atoms with Crippen molar-refractivity contribution < 1.29 is 51.0 Å². The number of para-hydroxylation sites is 2. The number of nitrogens with two attached hydrogens (primary N) is 1. The third kappa shape index (κ3) is 12.5. The zero-order chi connectivity index (χ0) is 41.8. The van der Waals surface area contributed by atoms with Crippen molar-refractivity contribution in [1.82, 2.24) is 20.5 Å². The predicted molar refractivity (Wildman–Crippen MR) is 210 cm³/mol. The molecular weight excluding hydrogens is 771 g/mol. The fourth-order valence-corrected chi connectivity index (χ4v) is 7.56. The summed E-state index contributed by atoms with van der Waals surface area (Å²) in [5, 5.41) is 5.50. The minimum atomic E-state index is -4.90. The monoisotopic (exact) mass is 821 g/mol. The number of likely N-dealkylation sites (tertiary alicyclic amines) is 1. The van der Waals surface area contributed by atoms with Gasteiger partial charge < -0.3 is 39.9 Å². The minimum Gasteiger partial charge on any atom is -0.445 e. The van der Waals surface area contributed by atoms with Gasteiger partial charge in [0.2, 0.25) is 17.6 Å². The molecule has 2 aliphatic rings. The molecule has 4 aromatic rings. The summed E-state index contributed by atoms with van der Waals surface area (Å²) >= 11 is 0. The molecule has 16 heteroatoms. The first-order valence-electron chi connectivity index (χ1n) is 20.1. The summed E-state index contributed by atoms with van der Waals surface area (Å²) in [6.07, 6.45) is 0.339. The van der Waals surface area contributed by atoms with Crippen LogP contribution in [0.2, 0.25) is 0 Å². The SMILES string of the molecule is NCCCC[C@H](NC(=O)[C@@H]1C[C@@H](OCC2CCCCC2)CN1C(=O)[C@@H](Cc1ccc(OC(F)(F)F)cc1)NC(=O)OCc1ccccc1)C(=O)c1nc2ccccc2o1. The Morgan fingerprint density at radius 2 is 1.61 bits per heavy atom. The number of carbonyl (C=O) groups is 4. The van der Waals surface area contributed by atoms with Gasteiger partial charge in [0.25, 0.3) is 5.89 Å². The van der Waals surface area contributed by atoms with Crippen LogP contribution in [0.15, 0.2) is 83.3 Å². The first kappa shape index (κ1) is 43.1. The molecule has 1 saturated heterocycles. The normalized spacial score (nSPS) is 18.3. The quantitative estimate of drug-likeness (QED) is 0.0730. The van der Waals surface area contributed by atoms with Gasteiger partial charge in [0, 0.05) is 26.0 Å². The number of ketones is 1. The molecule has 4 N–H and O–H groups in total. The number of rotatable bonds is 18. The molecular formula is C43H50F3N5O8. The molecule has 3 aromatic carbocycles. The molecule has 4 atom stereocenters. The van der Waals surface area contributed by atoms with Gasteiger partial charge in [-0.15, -0.1) is 13.2 Å². The van der Waals surface area contributed by atoms with Gasteiger partial charge in [0.15, 0.2) is 5.58 Å². The van der Waals surface area contributed by atoms with Gasteiger partial charge in [-0.25, -0.2) is 9.78 Å². The largest absolute Gasteiger partial charge is 0.573 e. The van der Waals surface area contributed by atoms with Gasteiger partial charge in [-0.2, -0.15) is 0 Å². The van der Waals surface area contributed by atoms with Gasteiger partial charge >= 0.3 is 12.5 Å². The third-order valence-electron chi connectivity index (χ3n) is 10.6. The molecule has 59 heavy (non-hydrogen) atoms. The topological polar surface area (TPSA) is 175 Å². The number of alkyl carbamates (subject to hydrolysis) is 1. The van der Waals surface area contributed by atoms with E-state index in [9.17, 15) is 32.3 Å². The fraction of sp³-hybridized carbons (Fsp3) is 0.465. The number of hydrogen-bond donors (Lipinski definition) is 3. The van der Waals surface area contributed by atoms with Crippen LogP contribution in [0.4, 0.5) is 18.0 Å². The maximum absolute atomic E-state index is 14.7. The number of benzene rings is 3. The number of amides is 3. The highest BCUT2D eigenvalue weighted by Crippen LogP contribution is 2.29. The maximum atomic E-state index is 14.7. The lowest BCUT2D eigenvalue weighted by Gasteiger charge is -2.29. The summed E-state index contributed by atoms with van der Waals surface area (Å²) in [5.74, 6) is -2.07. The molecule has 1 aliphatic heterocycles. The number of nitrogens with one attached hydrogen (secondary N) is 2. The van der Waals surface area contributed by atoms with E-state index in [0.717, 1.165) is 37.8 Å². The van der Waals surface area contributed by atoms with Gasteiger partial charge in [-0.3, -0.25) is 14.4 Å². The zero-order valence-corrected chi connectivity index (χ0v) is 32.7. The molecule has 1 saturated carbocycles. The highest BCUT2D eigenvalue weighted by Gasteiger charge is 2.44. The smallest absolute Gasteiger partial charge is 0.445 e. The Bertz CT molecular complexity index is 1970. The van der Waals surface area contributed by atoms with Crippen molar-refractivity contribution in [3.05, 3.63) is 95.9 Å². The van der Waals surface area contributed by atoms with Crippen LogP contribution in [0, 0.1) is 5.92 Å². The van der Waals surface area contributed by atoms with Crippen LogP contribution in [-0.4, -0.2) is 83.9 Å². The van der Waals surface area contributed by atoms with Crippen molar-refractivity contribution in [3.8, 4) is 5.75 Å². The maximum Gasteiger partial charge on any atom is 0.573 e. The van der Waals surface area contributed by atoms with Crippen molar-refractivity contribution in [2.45, 2.75) is 101 Å².